The van der Waals surface area contributed by atoms with Crippen molar-refractivity contribution >= 4 is 5.78 Å². The summed E-state index contributed by atoms with van der Waals surface area (Å²) in [6.07, 6.45) is -0.0628. The van der Waals surface area contributed by atoms with Crippen LogP contribution in [0.3, 0.4) is 0 Å². The van der Waals surface area contributed by atoms with Crippen LogP contribution < -0.4 is 0 Å². The number of rotatable bonds is 1. The molecule has 0 fully saturated rings. The second-order valence-corrected chi connectivity index (χ2v) is 4.61. The fourth-order valence-corrected chi connectivity index (χ4v) is 2.23. The normalized spacial score (nSPS) is 15.2. The molecule has 1 aliphatic rings. The molecule has 7 heteroatoms. The van der Waals surface area contributed by atoms with E-state index in [0.29, 0.717) is 24.1 Å². The average molecular weight is 281 g/mol. The third-order valence-electron chi connectivity index (χ3n) is 3.21. The first-order valence-electron chi connectivity index (χ1n) is 6.10. The van der Waals surface area contributed by atoms with E-state index in [1.807, 2.05) is 0 Å². The summed E-state index contributed by atoms with van der Waals surface area (Å²) in [4.78, 5) is 15.0. The van der Waals surface area contributed by atoms with E-state index in [-0.39, 0.29) is 11.5 Å². The molecule has 0 aliphatic heterocycles. The van der Waals surface area contributed by atoms with Gasteiger partial charge >= 0.3 is 6.18 Å². The predicted octanol–water partition coefficient (Wildman–Crippen LogP) is 2.81. The Morgan fingerprint density at radius 3 is 2.75 bits per heavy atom. The van der Waals surface area contributed by atoms with Gasteiger partial charge < -0.3 is 0 Å². The van der Waals surface area contributed by atoms with Gasteiger partial charge in [-0.05, 0) is 25.0 Å². The lowest BCUT2D eigenvalue weighted by molar-refractivity contribution is -0.141. The molecule has 104 valence electrons. The van der Waals surface area contributed by atoms with Crippen LogP contribution in [0.15, 0.2) is 24.5 Å². The molecule has 0 bridgehead atoms. The zero-order chi connectivity index (χ0) is 14.3. The number of hydrogen-bond donors (Lipinski definition) is 0. The number of pyridine rings is 1. The number of halogens is 3. The van der Waals surface area contributed by atoms with Gasteiger partial charge in [0.2, 0.25) is 0 Å². The Morgan fingerprint density at radius 2 is 2.05 bits per heavy atom. The lowest BCUT2D eigenvalue weighted by Gasteiger charge is -2.07. The van der Waals surface area contributed by atoms with Gasteiger partial charge in [0.25, 0.3) is 0 Å². The highest BCUT2D eigenvalue weighted by molar-refractivity contribution is 5.97. The summed E-state index contributed by atoms with van der Waals surface area (Å²) in [6, 6.07) is 2.35. The minimum absolute atomic E-state index is 0.0115. The summed E-state index contributed by atoms with van der Waals surface area (Å²) < 4.78 is 39.2. The second-order valence-electron chi connectivity index (χ2n) is 4.61. The number of nitrogens with zero attached hydrogens (tertiary/aromatic N) is 3. The van der Waals surface area contributed by atoms with Crippen molar-refractivity contribution in [3.05, 3.63) is 41.5 Å². The Hall–Kier alpha value is -2.18. The van der Waals surface area contributed by atoms with Crippen LogP contribution in [-0.2, 0) is 12.6 Å². The number of hydrogen-bond acceptors (Lipinski definition) is 3. The molecule has 0 amide bonds. The topological polar surface area (TPSA) is 47.8 Å². The summed E-state index contributed by atoms with van der Waals surface area (Å²) in [7, 11) is 0. The zero-order valence-electron chi connectivity index (χ0n) is 10.3. The van der Waals surface area contributed by atoms with Crippen LogP contribution in [0.1, 0.15) is 34.6 Å². The Balaban J connectivity index is 2.04. The van der Waals surface area contributed by atoms with E-state index < -0.39 is 11.9 Å². The summed E-state index contributed by atoms with van der Waals surface area (Å²) in [5.41, 5.74) is 0.414. The number of carbonyl (C=O) groups excluding carboxylic acids is 1. The van der Waals surface area contributed by atoms with Crippen molar-refractivity contribution in [2.24, 2.45) is 0 Å². The van der Waals surface area contributed by atoms with E-state index in [1.54, 1.807) is 0 Å². The monoisotopic (exact) mass is 281 g/mol. The molecular formula is C13H10F3N3O. The summed E-state index contributed by atoms with van der Waals surface area (Å²) in [5.74, 6) is -0.0115. The number of ketones is 1. The number of Topliss-reactive ketones (excluding diaryl/α,β-unsaturated/α-hetero) is 1. The van der Waals surface area contributed by atoms with Gasteiger partial charge in [-0.25, -0.2) is 4.68 Å². The van der Waals surface area contributed by atoms with Gasteiger partial charge in [0.05, 0.1) is 16.9 Å². The molecule has 3 rings (SSSR count). The van der Waals surface area contributed by atoms with Crippen molar-refractivity contribution in [2.75, 3.05) is 0 Å². The van der Waals surface area contributed by atoms with Crippen molar-refractivity contribution < 1.29 is 18.0 Å². The molecule has 0 saturated carbocycles. The Labute approximate surface area is 112 Å². The quantitative estimate of drug-likeness (QED) is 0.807. The third kappa shape index (κ3) is 2.19. The van der Waals surface area contributed by atoms with E-state index in [9.17, 15) is 18.0 Å². The summed E-state index contributed by atoms with van der Waals surface area (Å²) in [6.45, 7) is 0. The molecule has 2 aromatic rings. The fraction of sp³-hybridized carbons (Fsp3) is 0.308. The van der Waals surface area contributed by atoms with E-state index >= 15 is 0 Å². The third-order valence-corrected chi connectivity index (χ3v) is 3.21. The van der Waals surface area contributed by atoms with Crippen molar-refractivity contribution in [1.82, 2.24) is 14.8 Å². The molecular weight excluding hydrogens is 271 g/mol. The second kappa shape index (κ2) is 4.43. The van der Waals surface area contributed by atoms with E-state index in [0.717, 1.165) is 18.7 Å². The van der Waals surface area contributed by atoms with Crippen LogP contribution >= 0.6 is 0 Å². The molecule has 0 unspecified atom stereocenters. The fourth-order valence-electron chi connectivity index (χ4n) is 2.23. The van der Waals surface area contributed by atoms with Crippen LogP contribution in [0.4, 0.5) is 13.2 Å². The summed E-state index contributed by atoms with van der Waals surface area (Å²) in [5, 5.41) is 4.20. The molecule has 0 aromatic carbocycles. The van der Waals surface area contributed by atoms with E-state index in [2.05, 4.69) is 10.1 Å². The van der Waals surface area contributed by atoms with Crippen LogP contribution in [0.2, 0.25) is 0 Å². The van der Waals surface area contributed by atoms with Gasteiger partial charge in [-0.15, -0.1) is 0 Å². The lowest BCUT2D eigenvalue weighted by atomic mass is 9.97. The number of fused-ring (bicyclic) bond motifs is 1. The highest BCUT2D eigenvalue weighted by Crippen LogP contribution is 2.29. The molecule has 0 N–H and O–H groups in total. The van der Waals surface area contributed by atoms with Crippen molar-refractivity contribution in [2.45, 2.75) is 25.4 Å². The molecule has 0 spiro atoms. The molecule has 4 nitrogen and oxygen atoms in total. The molecule has 1 aliphatic carbocycles. The molecule has 2 heterocycles. The smallest absolute Gasteiger partial charge is 0.294 e. The van der Waals surface area contributed by atoms with E-state index in [1.165, 1.54) is 16.9 Å². The van der Waals surface area contributed by atoms with Gasteiger partial charge in [0, 0.05) is 18.8 Å². The standard InChI is InChI=1S/C13H10F3N3O/c14-13(15,16)12-6-8(4-5-17-12)19-7-9-10(18-19)2-1-3-11(9)20/h4-7H,1-3H2. The average Bonchev–Trinajstić information content (AvgIpc) is 2.83. The molecule has 2 aromatic heterocycles. The number of alkyl halides is 3. The Morgan fingerprint density at radius 1 is 1.25 bits per heavy atom. The van der Waals surface area contributed by atoms with E-state index in [4.69, 9.17) is 0 Å². The molecule has 0 radical (unpaired) electrons. The molecule has 0 atom stereocenters. The van der Waals surface area contributed by atoms with Gasteiger partial charge in [-0.2, -0.15) is 18.3 Å². The molecule has 0 saturated heterocycles. The van der Waals surface area contributed by atoms with Crippen molar-refractivity contribution in [1.29, 1.82) is 0 Å². The van der Waals surface area contributed by atoms with Crippen LogP contribution in [0.5, 0.6) is 0 Å². The first kappa shape index (κ1) is 12.8. The highest BCUT2D eigenvalue weighted by Gasteiger charge is 2.32. The van der Waals surface area contributed by atoms with Crippen molar-refractivity contribution in [3.63, 3.8) is 0 Å². The largest absolute Gasteiger partial charge is 0.433 e. The molecule has 20 heavy (non-hydrogen) atoms. The Kier molecular flexibility index (Phi) is 2.84. The lowest BCUT2D eigenvalue weighted by Crippen LogP contribution is -2.09. The van der Waals surface area contributed by atoms with Crippen LogP contribution in [0.25, 0.3) is 5.69 Å². The summed E-state index contributed by atoms with van der Waals surface area (Å²) >= 11 is 0. The minimum atomic E-state index is -4.50. The Bertz CT molecular complexity index is 676. The maximum Gasteiger partial charge on any atom is 0.433 e. The van der Waals surface area contributed by atoms with Gasteiger partial charge in [-0.1, -0.05) is 0 Å². The van der Waals surface area contributed by atoms with Gasteiger partial charge in [0.15, 0.2) is 5.78 Å². The first-order valence-corrected chi connectivity index (χ1v) is 6.10. The SMILES string of the molecule is O=C1CCCc2nn(-c3ccnc(C(F)(F)F)c3)cc21. The minimum Gasteiger partial charge on any atom is -0.294 e. The highest BCUT2D eigenvalue weighted by atomic mass is 19.4. The number of carbonyl (C=O) groups is 1. The zero-order valence-corrected chi connectivity index (χ0v) is 10.3. The first-order chi connectivity index (χ1) is 9.45. The van der Waals surface area contributed by atoms with Crippen LogP contribution in [0, 0.1) is 0 Å². The van der Waals surface area contributed by atoms with Gasteiger partial charge in [0.1, 0.15) is 5.69 Å². The van der Waals surface area contributed by atoms with Gasteiger partial charge in [-0.3, -0.25) is 9.78 Å². The number of aromatic nitrogens is 3. The maximum absolute atomic E-state index is 12.6. The van der Waals surface area contributed by atoms with Crippen molar-refractivity contribution in [3.8, 4) is 5.69 Å². The van der Waals surface area contributed by atoms with Crippen LogP contribution in [-0.4, -0.2) is 20.5 Å². The maximum atomic E-state index is 12.6. The number of aryl methyl sites for hydroxylation is 1. The predicted molar refractivity (Wildman–Crippen MR) is 63.6 cm³/mol.